The molecule has 6 heteroatoms. The van der Waals surface area contributed by atoms with Gasteiger partial charge < -0.3 is 21.3 Å². The number of likely N-dealkylation sites (tertiary alicyclic amines) is 1. The molecule has 5 nitrogen and oxygen atoms in total. The van der Waals surface area contributed by atoms with Gasteiger partial charge >= 0.3 is 0 Å². The van der Waals surface area contributed by atoms with Crippen LogP contribution in [0.25, 0.3) is 0 Å². The lowest BCUT2D eigenvalue weighted by atomic mass is 10.4. The third-order valence-electron chi connectivity index (χ3n) is 2.55. The van der Waals surface area contributed by atoms with E-state index in [1.54, 1.807) is 0 Å². The fourth-order valence-electron chi connectivity index (χ4n) is 1.71. The van der Waals surface area contributed by atoms with E-state index in [0.29, 0.717) is 13.0 Å². The van der Waals surface area contributed by atoms with Crippen molar-refractivity contribution in [3.8, 4) is 0 Å². The molecule has 94 valence electrons. The number of nitrogens with two attached hydrogens (primary N) is 1. The summed E-state index contributed by atoms with van der Waals surface area (Å²) < 4.78 is 0. The lowest BCUT2D eigenvalue weighted by molar-refractivity contribution is -0.127. The standard InChI is InChI=1S/C10H22N4OS/c11-1-2-12-3-4-13-5-6-14-8-9(16)7-10(14)15/h9,12-13,16H,1-8,11H2. The number of hydrogen-bond acceptors (Lipinski definition) is 5. The number of hydrogen-bond donors (Lipinski definition) is 4. The van der Waals surface area contributed by atoms with Crippen LogP contribution in [-0.4, -0.2) is 61.9 Å². The highest BCUT2D eigenvalue weighted by atomic mass is 32.1. The lowest BCUT2D eigenvalue weighted by Crippen LogP contribution is -2.36. The van der Waals surface area contributed by atoms with Crippen LogP contribution in [0, 0.1) is 0 Å². The Balaban J connectivity index is 1.93. The molecular weight excluding hydrogens is 224 g/mol. The van der Waals surface area contributed by atoms with Crippen molar-refractivity contribution in [1.29, 1.82) is 0 Å². The number of carbonyl (C=O) groups excluding carboxylic acids is 1. The first kappa shape index (κ1) is 13.8. The van der Waals surface area contributed by atoms with E-state index in [0.717, 1.165) is 39.3 Å². The molecule has 1 fully saturated rings. The Morgan fingerprint density at radius 1 is 1.31 bits per heavy atom. The van der Waals surface area contributed by atoms with Gasteiger partial charge in [-0.15, -0.1) is 0 Å². The number of thiol groups is 1. The van der Waals surface area contributed by atoms with Gasteiger partial charge in [0.05, 0.1) is 0 Å². The zero-order chi connectivity index (χ0) is 11.8. The molecule has 1 unspecified atom stereocenters. The first-order valence-corrected chi connectivity index (χ1v) is 6.33. The van der Waals surface area contributed by atoms with Gasteiger partial charge in [-0.05, 0) is 0 Å². The Morgan fingerprint density at radius 2 is 2.00 bits per heavy atom. The molecule has 1 amide bonds. The van der Waals surface area contributed by atoms with Gasteiger partial charge in [0.25, 0.3) is 0 Å². The van der Waals surface area contributed by atoms with Crippen LogP contribution in [-0.2, 0) is 4.79 Å². The molecule has 4 N–H and O–H groups in total. The molecule has 1 aliphatic heterocycles. The van der Waals surface area contributed by atoms with Crippen molar-refractivity contribution in [3.63, 3.8) is 0 Å². The monoisotopic (exact) mass is 246 g/mol. The molecule has 1 heterocycles. The maximum atomic E-state index is 11.4. The SMILES string of the molecule is NCCNCCNCCN1CC(S)CC1=O. The zero-order valence-electron chi connectivity index (χ0n) is 9.61. The second-order valence-electron chi connectivity index (χ2n) is 3.99. The third kappa shape index (κ3) is 5.16. The summed E-state index contributed by atoms with van der Waals surface area (Å²) >= 11 is 4.31. The van der Waals surface area contributed by atoms with Crippen molar-refractivity contribution >= 4 is 18.5 Å². The van der Waals surface area contributed by atoms with E-state index in [2.05, 4.69) is 23.3 Å². The molecule has 16 heavy (non-hydrogen) atoms. The van der Waals surface area contributed by atoms with Gasteiger partial charge in [0.2, 0.25) is 5.91 Å². The second kappa shape index (κ2) is 7.89. The Kier molecular flexibility index (Phi) is 6.79. The highest BCUT2D eigenvalue weighted by Crippen LogP contribution is 2.14. The van der Waals surface area contributed by atoms with Gasteiger partial charge in [-0.1, -0.05) is 0 Å². The van der Waals surface area contributed by atoms with Crippen LogP contribution >= 0.6 is 12.6 Å². The molecule has 0 aromatic rings. The second-order valence-corrected chi connectivity index (χ2v) is 4.72. The highest BCUT2D eigenvalue weighted by molar-refractivity contribution is 7.81. The quantitative estimate of drug-likeness (QED) is 0.316. The average molecular weight is 246 g/mol. The van der Waals surface area contributed by atoms with Crippen LogP contribution in [0.15, 0.2) is 0 Å². The van der Waals surface area contributed by atoms with Crippen molar-refractivity contribution in [2.75, 3.05) is 45.8 Å². The summed E-state index contributed by atoms with van der Waals surface area (Å²) in [5.41, 5.74) is 5.35. The van der Waals surface area contributed by atoms with Crippen LogP contribution < -0.4 is 16.4 Å². The number of nitrogens with one attached hydrogen (secondary N) is 2. The van der Waals surface area contributed by atoms with Gasteiger partial charge in [0.1, 0.15) is 0 Å². The normalized spacial score (nSPS) is 20.8. The van der Waals surface area contributed by atoms with Gasteiger partial charge in [-0.3, -0.25) is 4.79 Å². The number of nitrogens with zero attached hydrogens (tertiary/aromatic N) is 1. The third-order valence-corrected chi connectivity index (χ3v) is 2.90. The number of carbonyl (C=O) groups is 1. The summed E-state index contributed by atoms with van der Waals surface area (Å²) in [5.74, 6) is 0.225. The van der Waals surface area contributed by atoms with Gasteiger partial charge in [-0.2, -0.15) is 12.6 Å². The molecule has 0 aromatic heterocycles. The molecule has 0 radical (unpaired) electrons. The van der Waals surface area contributed by atoms with Gasteiger partial charge in [0.15, 0.2) is 0 Å². The predicted octanol–water partition coefficient (Wildman–Crippen LogP) is -1.34. The Hall–Kier alpha value is -0.300. The van der Waals surface area contributed by atoms with Crippen LogP contribution in [0.5, 0.6) is 0 Å². The minimum Gasteiger partial charge on any atom is -0.340 e. The van der Waals surface area contributed by atoms with Gasteiger partial charge in [0, 0.05) is 57.5 Å². The summed E-state index contributed by atoms with van der Waals surface area (Å²) in [6, 6.07) is 0. The molecule has 0 spiro atoms. The maximum Gasteiger partial charge on any atom is 0.223 e. The first-order chi connectivity index (χ1) is 7.74. The minimum absolute atomic E-state index is 0.221. The van der Waals surface area contributed by atoms with Gasteiger partial charge in [-0.25, -0.2) is 0 Å². The topological polar surface area (TPSA) is 70.4 Å². The fraction of sp³-hybridized carbons (Fsp3) is 0.900. The molecule has 0 aromatic carbocycles. The Labute approximate surface area is 103 Å². The van der Waals surface area contributed by atoms with E-state index < -0.39 is 0 Å². The Bertz CT molecular complexity index is 215. The maximum absolute atomic E-state index is 11.4. The smallest absolute Gasteiger partial charge is 0.223 e. The van der Waals surface area contributed by atoms with E-state index in [4.69, 9.17) is 5.73 Å². The van der Waals surface area contributed by atoms with E-state index in [9.17, 15) is 4.79 Å². The van der Waals surface area contributed by atoms with E-state index in [1.165, 1.54) is 0 Å². The van der Waals surface area contributed by atoms with Crippen molar-refractivity contribution in [2.24, 2.45) is 5.73 Å². The highest BCUT2D eigenvalue weighted by Gasteiger charge is 2.26. The summed E-state index contributed by atoms with van der Waals surface area (Å²) in [7, 11) is 0. The van der Waals surface area contributed by atoms with Crippen molar-refractivity contribution < 1.29 is 4.79 Å². The molecule has 0 aliphatic carbocycles. The van der Waals surface area contributed by atoms with Crippen LogP contribution in [0.3, 0.4) is 0 Å². The van der Waals surface area contributed by atoms with E-state index in [1.807, 2.05) is 4.90 Å². The van der Waals surface area contributed by atoms with Crippen LogP contribution in [0.2, 0.25) is 0 Å². The van der Waals surface area contributed by atoms with Crippen molar-refractivity contribution in [3.05, 3.63) is 0 Å². The largest absolute Gasteiger partial charge is 0.340 e. The summed E-state index contributed by atoms with van der Waals surface area (Å²) in [5, 5.41) is 6.70. The minimum atomic E-state index is 0.221. The van der Waals surface area contributed by atoms with E-state index in [-0.39, 0.29) is 11.2 Å². The van der Waals surface area contributed by atoms with Crippen molar-refractivity contribution in [1.82, 2.24) is 15.5 Å². The van der Waals surface area contributed by atoms with Crippen LogP contribution in [0.4, 0.5) is 0 Å². The number of amides is 1. The first-order valence-electron chi connectivity index (χ1n) is 5.81. The summed E-state index contributed by atoms with van der Waals surface area (Å²) in [6.07, 6.45) is 0.584. The van der Waals surface area contributed by atoms with Crippen LogP contribution in [0.1, 0.15) is 6.42 Å². The molecule has 1 saturated heterocycles. The van der Waals surface area contributed by atoms with Crippen molar-refractivity contribution in [2.45, 2.75) is 11.7 Å². The molecule has 1 rings (SSSR count). The molecular formula is C10H22N4OS. The average Bonchev–Trinajstić information content (AvgIpc) is 2.56. The predicted molar refractivity (Wildman–Crippen MR) is 68.8 cm³/mol. The molecule has 1 atom stereocenters. The number of rotatable bonds is 8. The molecule has 1 aliphatic rings. The lowest BCUT2D eigenvalue weighted by Gasteiger charge is -2.16. The van der Waals surface area contributed by atoms with E-state index >= 15 is 0 Å². The Morgan fingerprint density at radius 3 is 2.56 bits per heavy atom. The summed E-state index contributed by atoms with van der Waals surface area (Å²) in [4.78, 5) is 13.3. The zero-order valence-corrected chi connectivity index (χ0v) is 10.5. The summed E-state index contributed by atoms with van der Waals surface area (Å²) in [6.45, 7) is 5.77. The fourth-order valence-corrected chi connectivity index (χ4v) is 2.06. The molecule has 0 bridgehead atoms. The molecule has 0 saturated carbocycles.